The van der Waals surface area contributed by atoms with E-state index in [1.165, 1.54) is 5.56 Å². The maximum Gasteiger partial charge on any atom is 0.153 e. The first kappa shape index (κ1) is 15.9. The van der Waals surface area contributed by atoms with Crippen LogP contribution in [0.25, 0.3) is 10.9 Å². The van der Waals surface area contributed by atoms with Crippen molar-refractivity contribution in [2.24, 2.45) is 0 Å². The summed E-state index contributed by atoms with van der Waals surface area (Å²) in [6.45, 7) is 0.675. The molecule has 0 amide bonds. The second kappa shape index (κ2) is 7.13. The number of carbonyl (C=O) groups is 1. The van der Waals surface area contributed by atoms with Crippen molar-refractivity contribution in [3.05, 3.63) is 107 Å². The van der Waals surface area contributed by atoms with Gasteiger partial charge in [0.25, 0.3) is 0 Å². The fourth-order valence-electron chi connectivity index (χ4n) is 3.17. The zero-order valence-electron chi connectivity index (χ0n) is 14.2. The summed E-state index contributed by atoms with van der Waals surface area (Å²) in [5, 5.41) is 0.941. The van der Waals surface area contributed by atoms with E-state index in [9.17, 15) is 4.79 Å². The highest BCUT2D eigenvalue weighted by molar-refractivity contribution is 6.00. The number of fused-ring (bicyclic) bond motifs is 1. The van der Waals surface area contributed by atoms with E-state index in [-0.39, 0.29) is 0 Å². The quantitative estimate of drug-likeness (QED) is 0.385. The maximum absolute atomic E-state index is 11.8. The van der Waals surface area contributed by atoms with Crippen LogP contribution in [0.5, 0.6) is 0 Å². The molecule has 4 aromatic rings. The SMILES string of the molecule is O=Cc1c(C#Cc2ccccc2)n(Cc2ccccc2)c2ccccc12. The summed E-state index contributed by atoms with van der Waals surface area (Å²) in [4.78, 5) is 11.8. The number of carbonyl (C=O) groups excluding carboxylic acids is 1. The first-order valence-corrected chi connectivity index (χ1v) is 8.54. The van der Waals surface area contributed by atoms with Gasteiger partial charge in [-0.3, -0.25) is 4.79 Å². The summed E-state index contributed by atoms with van der Waals surface area (Å²) in [6.07, 6.45) is 0.916. The van der Waals surface area contributed by atoms with E-state index in [0.717, 1.165) is 28.4 Å². The van der Waals surface area contributed by atoms with E-state index in [1.807, 2.05) is 72.8 Å². The highest BCUT2D eigenvalue weighted by Gasteiger charge is 2.15. The number of hydrogen-bond donors (Lipinski definition) is 0. The van der Waals surface area contributed by atoms with Gasteiger partial charge in [0.05, 0.1) is 11.1 Å². The lowest BCUT2D eigenvalue weighted by molar-refractivity contribution is 0.112. The number of aldehydes is 1. The molecule has 124 valence electrons. The Balaban J connectivity index is 1.91. The van der Waals surface area contributed by atoms with Gasteiger partial charge >= 0.3 is 0 Å². The van der Waals surface area contributed by atoms with Crippen LogP contribution in [-0.4, -0.2) is 10.9 Å². The minimum absolute atomic E-state index is 0.653. The van der Waals surface area contributed by atoms with Crippen LogP contribution in [0.3, 0.4) is 0 Å². The lowest BCUT2D eigenvalue weighted by atomic mass is 10.1. The molecule has 0 bridgehead atoms. The first-order chi connectivity index (χ1) is 12.9. The van der Waals surface area contributed by atoms with Gasteiger partial charge in [-0.1, -0.05) is 72.7 Å². The Hall–Kier alpha value is -3.57. The standard InChI is InChI=1S/C24H17NO/c26-18-22-21-13-7-8-14-23(21)25(17-20-11-5-2-6-12-20)24(22)16-15-19-9-3-1-4-10-19/h1-14,18H,17H2. The molecule has 0 saturated heterocycles. The van der Waals surface area contributed by atoms with Crippen LogP contribution in [0, 0.1) is 11.8 Å². The Labute approximate surface area is 152 Å². The van der Waals surface area contributed by atoms with E-state index >= 15 is 0 Å². The van der Waals surface area contributed by atoms with Gasteiger partial charge in [-0.15, -0.1) is 0 Å². The molecule has 0 N–H and O–H groups in total. The molecule has 2 heteroatoms. The fraction of sp³-hybridized carbons (Fsp3) is 0.0417. The first-order valence-electron chi connectivity index (χ1n) is 8.54. The topological polar surface area (TPSA) is 22.0 Å². The van der Waals surface area contributed by atoms with Gasteiger partial charge < -0.3 is 4.57 Å². The minimum atomic E-state index is 0.653. The van der Waals surface area contributed by atoms with Gasteiger partial charge in [0.2, 0.25) is 0 Å². The molecule has 0 unspecified atom stereocenters. The number of aromatic nitrogens is 1. The molecule has 1 aromatic heterocycles. The molecule has 0 spiro atoms. The fourth-order valence-corrected chi connectivity index (χ4v) is 3.17. The van der Waals surface area contributed by atoms with Crippen LogP contribution in [0.1, 0.15) is 27.2 Å². The van der Waals surface area contributed by atoms with Crippen molar-refractivity contribution in [1.82, 2.24) is 4.57 Å². The van der Waals surface area contributed by atoms with Crippen molar-refractivity contribution < 1.29 is 4.79 Å². The number of hydrogen-bond acceptors (Lipinski definition) is 1. The van der Waals surface area contributed by atoms with E-state index in [1.54, 1.807) is 0 Å². The third-order valence-electron chi connectivity index (χ3n) is 4.41. The van der Waals surface area contributed by atoms with Gasteiger partial charge in [0, 0.05) is 17.5 Å². The number of para-hydroxylation sites is 1. The Morgan fingerprint density at radius 1 is 0.769 bits per heavy atom. The Morgan fingerprint density at radius 3 is 2.15 bits per heavy atom. The molecule has 2 nitrogen and oxygen atoms in total. The highest BCUT2D eigenvalue weighted by Crippen LogP contribution is 2.25. The number of benzene rings is 3. The average molecular weight is 335 g/mol. The summed E-state index contributed by atoms with van der Waals surface area (Å²) in [6, 6.07) is 28.0. The molecule has 1 heterocycles. The largest absolute Gasteiger partial charge is 0.329 e. The van der Waals surface area contributed by atoms with Gasteiger partial charge in [0.1, 0.15) is 5.69 Å². The Bertz CT molecular complexity index is 1110. The molecular formula is C24H17NO. The molecule has 0 aliphatic rings. The average Bonchev–Trinajstić information content (AvgIpc) is 3.00. The highest BCUT2D eigenvalue weighted by atomic mass is 16.1. The van der Waals surface area contributed by atoms with Gasteiger partial charge in [-0.25, -0.2) is 0 Å². The maximum atomic E-state index is 11.8. The predicted molar refractivity (Wildman–Crippen MR) is 105 cm³/mol. The second-order valence-electron chi connectivity index (χ2n) is 6.09. The summed E-state index contributed by atoms with van der Waals surface area (Å²) >= 11 is 0. The third-order valence-corrected chi connectivity index (χ3v) is 4.41. The zero-order valence-corrected chi connectivity index (χ0v) is 14.2. The Kier molecular flexibility index (Phi) is 4.37. The number of nitrogens with zero attached hydrogens (tertiary/aromatic N) is 1. The summed E-state index contributed by atoms with van der Waals surface area (Å²) < 4.78 is 2.13. The van der Waals surface area contributed by atoms with Crippen LogP contribution in [0.15, 0.2) is 84.9 Å². The Morgan fingerprint density at radius 2 is 1.42 bits per heavy atom. The van der Waals surface area contributed by atoms with Crippen molar-refractivity contribution in [3.8, 4) is 11.8 Å². The molecule has 0 atom stereocenters. The molecule has 26 heavy (non-hydrogen) atoms. The van der Waals surface area contributed by atoms with Gasteiger partial charge in [0.15, 0.2) is 6.29 Å². The van der Waals surface area contributed by atoms with Crippen molar-refractivity contribution in [2.45, 2.75) is 6.54 Å². The molecule has 0 fully saturated rings. The van der Waals surface area contributed by atoms with Crippen molar-refractivity contribution in [1.29, 1.82) is 0 Å². The van der Waals surface area contributed by atoms with Gasteiger partial charge in [-0.2, -0.15) is 0 Å². The van der Waals surface area contributed by atoms with Gasteiger partial charge in [-0.05, 0) is 29.7 Å². The van der Waals surface area contributed by atoms with E-state index in [0.29, 0.717) is 12.1 Å². The summed E-state index contributed by atoms with van der Waals surface area (Å²) in [5.74, 6) is 6.43. The monoisotopic (exact) mass is 335 g/mol. The number of rotatable bonds is 3. The van der Waals surface area contributed by atoms with Crippen LogP contribution in [0.2, 0.25) is 0 Å². The molecule has 4 rings (SSSR count). The van der Waals surface area contributed by atoms with Crippen molar-refractivity contribution >= 4 is 17.2 Å². The lowest BCUT2D eigenvalue weighted by Crippen LogP contribution is -2.03. The van der Waals surface area contributed by atoms with Crippen molar-refractivity contribution in [3.63, 3.8) is 0 Å². The molecule has 0 aliphatic carbocycles. The lowest BCUT2D eigenvalue weighted by Gasteiger charge is -2.08. The van der Waals surface area contributed by atoms with Crippen LogP contribution >= 0.6 is 0 Å². The molecule has 0 aliphatic heterocycles. The van der Waals surface area contributed by atoms with Crippen LogP contribution in [0.4, 0.5) is 0 Å². The van der Waals surface area contributed by atoms with E-state index in [2.05, 4.69) is 28.5 Å². The van der Waals surface area contributed by atoms with Crippen LogP contribution < -0.4 is 0 Å². The zero-order chi connectivity index (χ0) is 17.8. The predicted octanol–water partition coefficient (Wildman–Crippen LogP) is 4.90. The van der Waals surface area contributed by atoms with E-state index < -0.39 is 0 Å². The van der Waals surface area contributed by atoms with Crippen LogP contribution in [-0.2, 0) is 6.54 Å². The normalized spacial score (nSPS) is 10.3. The van der Waals surface area contributed by atoms with Crippen molar-refractivity contribution in [2.75, 3.05) is 0 Å². The molecule has 0 saturated carbocycles. The smallest absolute Gasteiger partial charge is 0.153 e. The summed E-state index contributed by atoms with van der Waals surface area (Å²) in [5.41, 5.74) is 4.54. The molecular weight excluding hydrogens is 318 g/mol. The third kappa shape index (κ3) is 3.03. The minimum Gasteiger partial charge on any atom is -0.329 e. The summed E-state index contributed by atoms with van der Waals surface area (Å²) in [7, 11) is 0. The van der Waals surface area contributed by atoms with E-state index in [4.69, 9.17) is 0 Å². The molecule has 3 aromatic carbocycles. The second-order valence-corrected chi connectivity index (χ2v) is 6.09. The molecule has 0 radical (unpaired) electrons.